The van der Waals surface area contributed by atoms with Gasteiger partial charge in [-0.1, -0.05) is 18.5 Å². The Labute approximate surface area is 155 Å². The van der Waals surface area contributed by atoms with E-state index in [0.717, 1.165) is 0 Å². The summed E-state index contributed by atoms with van der Waals surface area (Å²) in [5, 5.41) is 0.439. The second-order valence-corrected chi connectivity index (χ2v) is 6.18. The van der Waals surface area contributed by atoms with E-state index in [9.17, 15) is 9.59 Å². The fourth-order valence-electron chi connectivity index (χ4n) is 2.90. The van der Waals surface area contributed by atoms with E-state index in [-0.39, 0.29) is 31.3 Å². The third-order valence-corrected chi connectivity index (χ3v) is 4.50. The van der Waals surface area contributed by atoms with E-state index in [0.29, 0.717) is 28.5 Å². The molecule has 0 spiro atoms. The SMILES string of the molecule is CCOC(=O)c1cncn1C(CC)C(=O)Cc1cc2c(cc1Cl)OCO2. The number of rotatable bonds is 7. The quantitative estimate of drug-likeness (QED) is 0.688. The molecule has 7 nitrogen and oxygen atoms in total. The molecule has 1 unspecified atom stereocenters. The lowest BCUT2D eigenvalue weighted by Crippen LogP contribution is -2.24. The molecule has 0 N–H and O–H groups in total. The van der Waals surface area contributed by atoms with Crippen LogP contribution < -0.4 is 9.47 Å². The van der Waals surface area contributed by atoms with Gasteiger partial charge in [0.1, 0.15) is 5.69 Å². The predicted octanol–water partition coefficient (Wildman–Crippen LogP) is 3.20. The molecule has 8 heteroatoms. The van der Waals surface area contributed by atoms with E-state index in [1.165, 1.54) is 12.5 Å². The summed E-state index contributed by atoms with van der Waals surface area (Å²) < 4.78 is 17.2. The van der Waals surface area contributed by atoms with Crippen LogP contribution in [0.3, 0.4) is 0 Å². The summed E-state index contributed by atoms with van der Waals surface area (Å²) in [5.41, 5.74) is 0.904. The average Bonchev–Trinajstić information content (AvgIpc) is 3.25. The molecule has 1 aliphatic heterocycles. The number of benzene rings is 1. The third kappa shape index (κ3) is 3.53. The Morgan fingerprint density at radius 2 is 2.04 bits per heavy atom. The van der Waals surface area contributed by atoms with Crippen LogP contribution in [0.2, 0.25) is 5.02 Å². The summed E-state index contributed by atoms with van der Waals surface area (Å²) in [6, 6.07) is 2.82. The monoisotopic (exact) mass is 378 g/mol. The van der Waals surface area contributed by atoms with Gasteiger partial charge in [0.2, 0.25) is 6.79 Å². The van der Waals surface area contributed by atoms with E-state index in [1.807, 2.05) is 6.92 Å². The normalized spacial score (nSPS) is 13.5. The number of esters is 1. The standard InChI is InChI=1S/C18H19ClN2O5/c1-3-13(21-9-20-8-14(21)18(23)24-4-2)15(22)5-11-6-16-17(7-12(11)19)26-10-25-16/h6-9,13H,3-5,10H2,1-2H3. The van der Waals surface area contributed by atoms with Crippen molar-refractivity contribution in [3.05, 3.63) is 40.9 Å². The van der Waals surface area contributed by atoms with Crippen LogP contribution in [0, 0.1) is 0 Å². The number of carbonyl (C=O) groups is 2. The van der Waals surface area contributed by atoms with E-state index in [4.69, 9.17) is 25.8 Å². The minimum atomic E-state index is -0.543. The van der Waals surface area contributed by atoms with Crippen molar-refractivity contribution in [3.63, 3.8) is 0 Å². The zero-order valence-electron chi connectivity index (χ0n) is 14.5. The molecule has 26 heavy (non-hydrogen) atoms. The number of aromatic nitrogens is 2. The zero-order valence-corrected chi connectivity index (χ0v) is 15.3. The molecule has 0 amide bonds. The van der Waals surface area contributed by atoms with Gasteiger partial charge in [-0.05, 0) is 25.0 Å². The number of halogens is 1. The largest absolute Gasteiger partial charge is 0.461 e. The fourth-order valence-corrected chi connectivity index (χ4v) is 3.12. The highest BCUT2D eigenvalue weighted by atomic mass is 35.5. The topological polar surface area (TPSA) is 79.7 Å². The molecule has 0 aliphatic carbocycles. The number of hydrogen-bond acceptors (Lipinski definition) is 6. The van der Waals surface area contributed by atoms with Crippen LogP contribution in [0.4, 0.5) is 0 Å². The summed E-state index contributed by atoms with van der Waals surface area (Å²) in [4.78, 5) is 29.0. The number of hydrogen-bond donors (Lipinski definition) is 0. The highest BCUT2D eigenvalue weighted by Gasteiger charge is 2.26. The van der Waals surface area contributed by atoms with Crippen molar-refractivity contribution in [1.82, 2.24) is 9.55 Å². The van der Waals surface area contributed by atoms with Gasteiger partial charge >= 0.3 is 5.97 Å². The Kier molecular flexibility index (Phi) is 5.46. The van der Waals surface area contributed by atoms with Crippen LogP contribution in [0.5, 0.6) is 11.5 Å². The first-order valence-electron chi connectivity index (χ1n) is 8.34. The molecular formula is C18H19ClN2O5. The fraction of sp³-hybridized carbons (Fsp3) is 0.389. The van der Waals surface area contributed by atoms with Gasteiger partial charge in [0.25, 0.3) is 0 Å². The first-order chi connectivity index (χ1) is 12.5. The van der Waals surface area contributed by atoms with Gasteiger partial charge in [-0.15, -0.1) is 0 Å². The molecule has 1 aliphatic rings. The Morgan fingerprint density at radius 3 is 2.73 bits per heavy atom. The lowest BCUT2D eigenvalue weighted by Gasteiger charge is -2.18. The van der Waals surface area contributed by atoms with Gasteiger partial charge < -0.3 is 18.8 Å². The summed E-state index contributed by atoms with van der Waals surface area (Å²) >= 11 is 6.27. The first kappa shape index (κ1) is 18.3. The summed E-state index contributed by atoms with van der Waals surface area (Å²) in [7, 11) is 0. The molecule has 0 saturated carbocycles. The Hall–Kier alpha value is -2.54. The summed E-state index contributed by atoms with van der Waals surface area (Å²) in [6.07, 6.45) is 3.49. The van der Waals surface area contributed by atoms with Crippen LogP contribution in [0.25, 0.3) is 0 Å². The van der Waals surface area contributed by atoms with E-state index in [2.05, 4.69) is 4.98 Å². The summed E-state index contributed by atoms with van der Waals surface area (Å²) in [5.74, 6) is 0.548. The number of ketones is 1. The van der Waals surface area contributed by atoms with Crippen LogP contribution in [-0.4, -0.2) is 34.7 Å². The van der Waals surface area contributed by atoms with Gasteiger partial charge in [-0.3, -0.25) is 4.79 Å². The second-order valence-electron chi connectivity index (χ2n) is 5.77. The molecule has 3 rings (SSSR count). The van der Waals surface area contributed by atoms with Gasteiger partial charge in [-0.2, -0.15) is 0 Å². The average molecular weight is 379 g/mol. The zero-order chi connectivity index (χ0) is 18.7. The molecule has 0 saturated heterocycles. The minimum Gasteiger partial charge on any atom is -0.461 e. The van der Waals surface area contributed by atoms with Crippen LogP contribution in [-0.2, 0) is 16.0 Å². The number of imidazole rings is 1. The minimum absolute atomic E-state index is 0.0863. The molecule has 0 fully saturated rings. The van der Waals surface area contributed by atoms with Gasteiger partial charge in [-0.25, -0.2) is 9.78 Å². The van der Waals surface area contributed by atoms with E-state index >= 15 is 0 Å². The van der Waals surface area contributed by atoms with Gasteiger partial charge in [0, 0.05) is 17.5 Å². The van der Waals surface area contributed by atoms with Gasteiger partial charge in [0.05, 0.1) is 25.2 Å². The van der Waals surface area contributed by atoms with E-state index < -0.39 is 12.0 Å². The molecule has 0 radical (unpaired) electrons. The van der Waals surface area contributed by atoms with Crippen molar-refractivity contribution in [2.24, 2.45) is 0 Å². The molecule has 2 aromatic rings. The molecule has 1 atom stereocenters. The first-order valence-corrected chi connectivity index (χ1v) is 8.72. The van der Waals surface area contributed by atoms with Crippen molar-refractivity contribution in [1.29, 1.82) is 0 Å². The van der Waals surface area contributed by atoms with Crippen molar-refractivity contribution >= 4 is 23.4 Å². The highest BCUT2D eigenvalue weighted by molar-refractivity contribution is 6.31. The van der Waals surface area contributed by atoms with Gasteiger partial charge in [0.15, 0.2) is 17.3 Å². The maximum atomic E-state index is 12.9. The van der Waals surface area contributed by atoms with Crippen molar-refractivity contribution in [2.45, 2.75) is 32.7 Å². The summed E-state index contributed by atoms with van der Waals surface area (Å²) in [6.45, 7) is 3.99. The predicted molar refractivity (Wildman–Crippen MR) is 93.8 cm³/mol. The number of carbonyl (C=O) groups excluding carboxylic acids is 2. The Bertz CT molecular complexity index is 833. The van der Waals surface area contributed by atoms with Crippen molar-refractivity contribution in [2.75, 3.05) is 13.4 Å². The molecule has 1 aromatic carbocycles. The number of ether oxygens (including phenoxy) is 3. The number of Topliss-reactive ketones (excluding diaryl/α,β-unsaturated/α-hetero) is 1. The maximum Gasteiger partial charge on any atom is 0.356 e. The number of nitrogens with zero attached hydrogens (tertiary/aromatic N) is 2. The van der Waals surface area contributed by atoms with Crippen molar-refractivity contribution in [3.8, 4) is 11.5 Å². The molecule has 1 aromatic heterocycles. The molecule has 2 heterocycles. The van der Waals surface area contributed by atoms with Crippen LogP contribution in [0.15, 0.2) is 24.7 Å². The molecule has 0 bridgehead atoms. The van der Waals surface area contributed by atoms with Crippen molar-refractivity contribution < 1.29 is 23.8 Å². The van der Waals surface area contributed by atoms with Crippen LogP contribution in [0.1, 0.15) is 42.4 Å². The number of fused-ring (bicyclic) bond motifs is 1. The molecule has 138 valence electrons. The Balaban J connectivity index is 1.83. The van der Waals surface area contributed by atoms with Crippen LogP contribution >= 0.6 is 11.6 Å². The lowest BCUT2D eigenvalue weighted by atomic mass is 10.0. The maximum absolute atomic E-state index is 12.9. The smallest absolute Gasteiger partial charge is 0.356 e. The highest BCUT2D eigenvalue weighted by Crippen LogP contribution is 2.37. The van der Waals surface area contributed by atoms with E-state index in [1.54, 1.807) is 23.6 Å². The third-order valence-electron chi connectivity index (χ3n) is 4.15. The molecular weight excluding hydrogens is 360 g/mol. The Morgan fingerprint density at radius 1 is 1.31 bits per heavy atom. The second kappa shape index (κ2) is 7.78. The lowest BCUT2D eigenvalue weighted by molar-refractivity contribution is -0.121.